The largest absolute Gasteiger partial charge is 0.508 e. The molecule has 0 aliphatic carbocycles. The number of halogens is 2. The van der Waals surface area contributed by atoms with Crippen LogP contribution in [0.1, 0.15) is 5.56 Å². The van der Waals surface area contributed by atoms with Crippen molar-refractivity contribution in [2.24, 2.45) is 0 Å². The molecule has 0 bridgehead atoms. The minimum atomic E-state index is -0.866. The van der Waals surface area contributed by atoms with Gasteiger partial charge < -0.3 is 9.84 Å². The lowest BCUT2D eigenvalue weighted by Gasteiger charge is -2.26. The maximum absolute atomic E-state index is 12.9. The zero-order valence-corrected chi connectivity index (χ0v) is 17.0. The van der Waals surface area contributed by atoms with Crippen LogP contribution in [-0.2, 0) is 9.59 Å². The number of anilines is 1. The fourth-order valence-corrected chi connectivity index (χ4v) is 3.97. The average Bonchev–Trinajstić information content (AvgIpc) is 2.59. The number of barbiturate groups is 1. The summed E-state index contributed by atoms with van der Waals surface area (Å²) in [4.78, 5) is 38.1. The molecule has 3 rings (SSSR count). The summed E-state index contributed by atoms with van der Waals surface area (Å²) in [5, 5.41) is 11.5. The number of aromatic hydroxyl groups is 1. The molecule has 138 valence electrons. The number of amides is 4. The average molecular weight is 496 g/mol. The molecule has 1 fully saturated rings. The number of carbonyl (C=O) groups is 3. The highest BCUT2D eigenvalue weighted by molar-refractivity contribution is 9.11. The molecule has 0 saturated carbocycles. The van der Waals surface area contributed by atoms with E-state index in [1.165, 1.54) is 37.5 Å². The van der Waals surface area contributed by atoms with E-state index in [1.807, 2.05) is 0 Å². The monoisotopic (exact) mass is 494 g/mol. The van der Waals surface area contributed by atoms with Crippen LogP contribution in [0.25, 0.3) is 6.08 Å². The van der Waals surface area contributed by atoms with Gasteiger partial charge in [0, 0.05) is 10.0 Å². The number of phenolic OH excluding ortho intramolecular Hbond substituents is 1. The maximum Gasteiger partial charge on any atom is 0.335 e. The molecular formula is C18H12Br2N2O5. The molecule has 1 aliphatic rings. The molecule has 1 saturated heterocycles. The standard InChI is InChI=1S/C18H12Br2N2O5/c1-27-15-9(6-10(19)8-14(15)20)7-13-16(24)21-18(26)22(17(13)25)11-2-4-12(23)5-3-11/h2-8,23H,1H3,(H,21,24,26)/b13-7+. The quantitative estimate of drug-likeness (QED) is 0.501. The van der Waals surface area contributed by atoms with E-state index in [0.717, 1.165) is 4.90 Å². The van der Waals surface area contributed by atoms with Gasteiger partial charge in [0.15, 0.2) is 0 Å². The van der Waals surface area contributed by atoms with Crippen LogP contribution in [0.3, 0.4) is 0 Å². The molecule has 0 spiro atoms. The van der Waals surface area contributed by atoms with Crippen LogP contribution in [0.15, 0.2) is 50.9 Å². The number of hydrogen-bond acceptors (Lipinski definition) is 5. The van der Waals surface area contributed by atoms with Crippen molar-refractivity contribution < 1.29 is 24.2 Å². The van der Waals surface area contributed by atoms with Crippen molar-refractivity contribution in [3.8, 4) is 11.5 Å². The van der Waals surface area contributed by atoms with Crippen molar-refractivity contribution >= 4 is 61.5 Å². The fraction of sp³-hybridized carbons (Fsp3) is 0.0556. The number of benzene rings is 2. The Labute approximate surface area is 170 Å². The predicted octanol–water partition coefficient (Wildman–Crippen LogP) is 3.59. The molecule has 7 nitrogen and oxygen atoms in total. The number of ether oxygens (including phenoxy) is 1. The number of imide groups is 2. The number of urea groups is 1. The first-order valence-electron chi connectivity index (χ1n) is 7.55. The zero-order valence-electron chi connectivity index (χ0n) is 13.8. The molecule has 1 aliphatic heterocycles. The van der Waals surface area contributed by atoms with E-state index in [2.05, 4.69) is 37.2 Å². The summed E-state index contributed by atoms with van der Waals surface area (Å²) in [6.07, 6.45) is 1.35. The summed E-state index contributed by atoms with van der Waals surface area (Å²) >= 11 is 6.71. The lowest BCUT2D eigenvalue weighted by Crippen LogP contribution is -2.54. The highest BCUT2D eigenvalue weighted by atomic mass is 79.9. The normalized spacial score (nSPS) is 15.9. The van der Waals surface area contributed by atoms with Gasteiger partial charge in [-0.3, -0.25) is 14.9 Å². The summed E-state index contributed by atoms with van der Waals surface area (Å²) in [5.74, 6) is -1.18. The Hall–Kier alpha value is -2.65. The van der Waals surface area contributed by atoms with Gasteiger partial charge >= 0.3 is 6.03 Å². The number of rotatable bonds is 3. The van der Waals surface area contributed by atoms with Crippen molar-refractivity contribution in [3.63, 3.8) is 0 Å². The number of carbonyl (C=O) groups excluding carboxylic acids is 3. The molecule has 0 radical (unpaired) electrons. The van der Waals surface area contributed by atoms with Crippen LogP contribution in [0.5, 0.6) is 11.5 Å². The van der Waals surface area contributed by atoms with Crippen LogP contribution in [0.4, 0.5) is 10.5 Å². The molecule has 9 heteroatoms. The Balaban J connectivity index is 2.09. The van der Waals surface area contributed by atoms with Crippen molar-refractivity contribution in [2.75, 3.05) is 12.0 Å². The minimum absolute atomic E-state index is 0.0146. The number of hydrogen-bond donors (Lipinski definition) is 2. The van der Waals surface area contributed by atoms with E-state index in [4.69, 9.17) is 4.74 Å². The molecule has 0 aromatic heterocycles. The molecule has 2 aromatic carbocycles. The Morgan fingerprint density at radius 1 is 1.11 bits per heavy atom. The molecule has 27 heavy (non-hydrogen) atoms. The second-order valence-corrected chi connectivity index (χ2v) is 7.25. The minimum Gasteiger partial charge on any atom is -0.508 e. The van der Waals surface area contributed by atoms with Gasteiger partial charge in [0.25, 0.3) is 11.8 Å². The van der Waals surface area contributed by atoms with Crippen LogP contribution >= 0.6 is 31.9 Å². The topological polar surface area (TPSA) is 95.9 Å². The van der Waals surface area contributed by atoms with Crippen LogP contribution in [-0.4, -0.2) is 30.1 Å². The highest BCUT2D eigenvalue weighted by Gasteiger charge is 2.37. The summed E-state index contributed by atoms with van der Waals surface area (Å²) in [5.41, 5.74) is 0.458. The van der Waals surface area contributed by atoms with E-state index in [1.54, 1.807) is 12.1 Å². The summed E-state index contributed by atoms with van der Waals surface area (Å²) in [6, 6.07) is 8.05. The van der Waals surface area contributed by atoms with Gasteiger partial charge in [-0.2, -0.15) is 0 Å². The SMILES string of the molecule is COc1c(Br)cc(Br)cc1/C=C1\C(=O)NC(=O)N(c2ccc(O)cc2)C1=O. The first kappa shape index (κ1) is 19.1. The van der Waals surface area contributed by atoms with Crippen LogP contribution in [0, 0.1) is 0 Å². The maximum atomic E-state index is 12.9. The molecule has 0 atom stereocenters. The van der Waals surface area contributed by atoms with E-state index in [9.17, 15) is 19.5 Å². The molecular weight excluding hydrogens is 484 g/mol. The van der Waals surface area contributed by atoms with Crippen molar-refractivity contribution in [1.29, 1.82) is 0 Å². The van der Waals surface area contributed by atoms with E-state index in [0.29, 0.717) is 20.3 Å². The van der Waals surface area contributed by atoms with Crippen LogP contribution < -0.4 is 15.0 Å². The third kappa shape index (κ3) is 3.74. The number of methoxy groups -OCH3 is 1. The van der Waals surface area contributed by atoms with E-state index >= 15 is 0 Å². The molecule has 0 unspecified atom stereocenters. The highest BCUT2D eigenvalue weighted by Crippen LogP contribution is 2.34. The first-order chi connectivity index (χ1) is 12.8. The van der Waals surface area contributed by atoms with Gasteiger partial charge in [0.2, 0.25) is 0 Å². The summed E-state index contributed by atoms with van der Waals surface area (Å²) < 4.78 is 6.66. The number of phenols is 1. The Kier molecular flexibility index (Phi) is 5.33. The van der Waals surface area contributed by atoms with E-state index in [-0.39, 0.29) is 17.0 Å². The van der Waals surface area contributed by atoms with E-state index < -0.39 is 17.8 Å². The number of nitrogens with zero attached hydrogens (tertiary/aromatic N) is 1. The Bertz CT molecular complexity index is 986. The van der Waals surface area contributed by atoms with Gasteiger partial charge in [0.05, 0.1) is 17.3 Å². The molecule has 4 amide bonds. The predicted molar refractivity (Wildman–Crippen MR) is 106 cm³/mol. The van der Waals surface area contributed by atoms with Crippen LogP contribution in [0.2, 0.25) is 0 Å². The Morgan fingerprint density at radius 2 is 1.78 bits per heavy atom. The molecule has 2 aromatic rings. The number of nitrogens with one attached hydrogen (secondary N) is 1. The van der Waals surface area contributed by atoms with Gasteiger partial charge in [-0.1, -0.05) is 15.9 Å². The first-order valence-corrected chi connectivity index (χ1v) is 9.14. The van der Waals surface area contributed by atoms with Gasteiger partial charge in [-0.15, -0.1) is 0 Å². The molecule has 1 heterocycles. The van der Waals surface area contributed by atoms with Crippen molar-refractivity contribution in [3.05, 3.63) is 56.5 Å². The molecule has 2 N–H and O–H groups in total. The van der Waals surface area contributed by atoms with Crippen molar-refractivity contribution in [2.45, 2.75) is 0 Å². The smallest absolute Gasteiger partial charge is 0.335 e. The zero-order chi connectivity index (χ0) is 19.7. The third-order valence-electron chi connectivity index (χ3n) is 3.75. The second kappa shape index (κ2) is 7.53. The second-order valence-electron chi connectivity index (χ2n) is 5.48. The third-order valence-corrected chi connectivity index (χ3v) is 4.80. The van der Waals surface area contributed by atoms with Gasteiger partial charge in [-0.25, -0.2) is 9.69 Å². The lowest BCUT2D eigenvalue weighted by atomic mass is 10.1. The van der Waals surface area contributed by atoms with Crippen molar-refractivity contribution in [1.82, 2.24) is 5.32 Å². The van der Waals surface area contributed by atoms with Gasteiger partial charge in [0.1, 0.15) is 17.1 Å². The van der Waals surface area contributed by atoms with Gasteiger partial charge in [-0.05, 0) is 58.4 Å². The fourth-order valence-electron chi connectivity index (χ4n) is 2.55. The Morgan fingerprint density at radius 3 is 2.41 bits per heavy atom. The summed E-state index contributed by atoms with van der Waals surface area (Å²) in [7, 11) is 1.46. The lowest BCUT2D eigenvalue weighted by molar-refractivity contribution is -0.122. The summed E-state index contributed by atoms with van der Waals surface area (Å²) in [6.45, 7) is 0.